The number of nitro benzene ring substituents is 1. The molecule has 0 saturated heterocycles. The molecule has 0 unspecified atom stereocenters. The minimum absolute atomic E-state index is 0. The van der Waals surface area contributed by atoms with Crippen molar-refractivity contribution in [3.8, 4) is 0 Å². The third-order valence-corrected chi connectivity index (χ3v) is 5.36. The summed E-state index contributed by atoms with van der Waals surface area (Å²) in [7, 11) is 3.77. The Morgan fingerprint density at radius 2 is 1.97 bits per heavy atom. The SMILES string of the molecule is Cc1c(C(=O)N(CCN(C)C)c2nc3ccc(F)cc3s2)cccc1[N+](=O)[O-].Cl. The molecule has 0 atom stereocenters. The average Bonchev–Trinajstić information content (AvgIpc) is 3.04. The molecule has 0 aliphatic heterocycles. The van der Waals surface area contributed by atoms with E-state index >= 15 is 0 Å². The number of nitro groups is 1. The van der Waals surface area contributed by atoms with E-state index in [-0.39, 0.29) is 35.4 Å². The summed E-state index contributed by atoms with van der Waals surface area (Å²) in [6.07, 6.45) is 0. The molecular weight excluding hydrogens is 419 g/mol. The predicted molar refractivity (Wildman–Crippen MR) is 115 cm³/mol. The van der Waals surface area contributed by atoms with Crippen molar-refractivity contribution in [1.82, 2.24) is 9.88 Å². The Morgan fingerprint density at radius 1 is 1.24 bits per heavy atom. The van der Waals surface area contributed by atoms with Gasteiger partial charge in [0.1, 0.15) is 5.82 Å². The second-order valence-electron chi connectivity index (χ2n) is 6.58. The summed E-state index contributed by atoms with van der Waals surface area (Å²) in [5, 5.41) is 11.7. The van der Waals surface area contributed by atoms with Crippen LogP contribution < -0.4 is 4.90 Å². The largest absolute Gasteiger partial charge is 0.308 e. The Bertz CT molecular complexity index is 1060. The Balaban J connectivity index is 0.00000300. The first-order valence-corrected chi connectivity index (χ1v) is 9.36. The summed E-state index contributed by atoms with van der Waals surface area (Å²) >= 11 is 1.21. The van der Waals surface area contributed by atoms with E-state index in [1.807, 2.05) is 19.0 Å². The minimum atomic E-state index is -0.503. The molecule has 0 aliphatic rings. The number of rotatable bonds is 6. The van der Waals surface area contributed by atoms with Crippen LogP contribution in [0.3, 0.4) is 0 Å². The molecule has 1 amide bonds. The quantitative estimate of drug-likeness (QED) is 0.424. The first-order chi connectivity index (χ1) is 13.3. The molecule has 0 aliphatic carbocycles. The summed E-state index contributed by atoms with van der Waals surface area (Å²) in [5.41, 5.74) is 1.04. The highest BCUT2D eigenvalue weighted by molar-refractivity contribution is 7.22. The maximum atomic E-state index is 13.5. The Morgan fingerprint density at radius 3 is 2.62 bits per heavy atom. The number of hydrogen-bond donors (Lipinski definition) is 0. The van der Waals surface area contributed by atoms with Gasteiger partial charge in [0, 0.05) is 30.3 Å². The lowest BCUT2D eigenvalue weighted by molar-refractivity contribution is -0.385. The Hall–Kier alpha value is -2.62. The number of likely N-dealkylation sites (N-methyl/N-ethyl adjacent to an activating group) is 1. The molecule has 29 heavy (non-hydrogen) atoms. The molecule has 1 heterocycles. The van der Waals surface area contributed by atoms with Gasteiger partial charge in [-0.25, -0.2) is 9.37 Å². The van der Waals surface area contributed by atoms with Crippen molar-refractivity contribution in [1.29, 1.82) is 0 Å². The number of amides is 1. The minimum Gasteiger partial charge on any atom is -0.308 e. The number of thiazole rings is 1. The van der Waals surface area contributed by atoms with Crippen LogP contribution in [0.4, 0.5) is 15.2 Å². The van der Waals surface area contributed by atoms with E-state index < -0.39 is 4.92 Å². The molecule has 0 radical (unpaired) electrons. The molecule has 0 N–H and O–H groups in total. The number of aromatic nitrogens is 1. The van der Waals surface area contributed by atoms with Crippen LogP contribution in [0.5, 0.6) is 0 Å². The van der Waals surface area contributed by atoms with Gasteiger partial charge < -0.3 is 4.90 Å². The molecule has 0 spiro atoms. The van der Waals surface area contributed by atoms with Gasteiger partial charge in [-0.05, 0) is 45.3 Å². The van der Waals surface area contributed by atoms with Crippen molar-refractivity contribution in [3.63, 3.8) is 0 Å². The number of fused-ring (bicyclic) bond motifs is 1. The van der Waals surface area contributed by atoms with Crippen LogP contribution in [0.15, 0.2) is 36.4 Å². The fourth-order valence-corrected chi connectivity index (χ4v) is 3.80. The maximum absolute atomic E-state index is 13.5. The normalized spacial score (nSPS) is 10.8. The standard InChI is InChI=1S/C19H19FN4O3S.ClH/c1-12-14(5-4-6-16(12)24(26)27)18(25)23(10-9-22(2)3)19-21-15-8-7-13(20)11-17(15)28-19;/h4-8,11H,9-10H2,1-3H3;1H. The first kappa shape index (κ1) is 22.7. The molecule has 10 heteroatoms. The Kier molecular flexibility index (Phi) is 7.23. The highest BCUT2D eigenvalue weighted by Gasteiger charge is 2.25. The molecule has 3 aromatic rings. The van der Waals surface area contributed by atoms with Gasteiger partial charge in [0.05, 0.1) is 15.1 Å². The van der Waals surface area contributed by atoms with Crippen molar-refractivity contribution in [2.75, 3.05) is 32.1 Å². The lowest BCUT2D eigenvalue weighted by Gasteiger charge is -2.22. The van der Waals surface area contributed by atoms with Crippen molar-refractivity contribution in [2.45, 2.75) is 6.92 Å². The fourth-order valence-electron chi connectivity index (χ4n) is 2.78. The maximum Gasteiger partial charge on any atom is 0.273 e. The summed E-state index contributed by atoms with van der Waals surface area (Å²) < 4.78 is 14.2. The first-order valence-electron chi connectivity index (χ1n) is 8.54. The zero-order valence-electron chi connectivity index (χ0n) is 16.1. The molecule has 2 aromatic carbocycles. The van der Waals surface area contributed by atoms with Crippen molar-refractivity contribution < 1.29 is 14.1 Å². The molecule has 0 fully saturated rings. The summed E-state index contributed by atoms with van der Waals surface area (Å²) in [5.74, 6) is -0.744. The van der Waals surface area contributed by atoms with E-state index in [2.05, 4.69) is 4.98 Å². The second-order valence-corrected chi connectivity index (χ2v) is 7.58. The summed E-state index contributed by atoms with van der Waals surface area (Å²) in [6, 6.07) is 8.71. The van der Waals surface area contributed by atoms with Crippen molar-refractivity contribution in [2.24, 2.45) is 0 Å². The number of anilines is 1. The van der Waals surface area contributed by atoms with Gasteiger partial charge in [-0.15, -0.1) is 12.4 Å². The zero-order chi connectivity index (χ0) is 20.4. The van der Waals surface area contributed by atoms with Crippen LogP contribution in [-0.2, 0) is 0 Å². The van der Waals surface area contributed by atoms with Gasteiger partial charge in [0.25, 0.3) is 11.6 Å². The monoisotopic (exact) mass is 438 g/mol. The summed E-state index contributed by atoms with van der Waals surface area (Å²) in [4.78, 5) is 31.9. The fraction of sp³-hybridized carbons (Fsp3) is 0.263. The summed E-state index contributed by atoms with van der Waals surface area (Å²) in [6.45, 7) is 2.48. The lowest BCUT2D eigenvalue weighted by Crippen LogP contribution is -2.37. The van der Waals surface area contributed by atoms with Gasteiger partial charge in [0.2, 0.25) is 0 Å². The molecule has 154 valence electrons. The number of halogens is 2. The number of benzene rings is 2. The molecule has 3 rings (SSSR count). The van der Waals surface area contributed by atoms with Crippen molar-refractivity contribution in [3.05, 3.63) is 63.5 Å². The topological polar surface area (TPSA) is 79.6 Å². The number of hydrogen-bond acceptors (Lipinski definition) is 6. The van der Waals surface area contributed by atoms with Gasteiger partial charge >= 0.3 is 0 Å². The average molecular weight is 439 g/mol. The van der Waals surface area contributed by atoms with Gasteiger partial charge in [0.15, 0.2) is 5.13 Å². The number of carbonyl (C=O) groups is 1. The van der Waals surface area contributed by atoms with Crippen LogP contribution in [0, 0.1) is 22.9 Å². The molecule has 7 nitrogen and oxygen atoms in total. The molecule has 0 saturated carbocycles. The second kappa shape index (κ2) is 9.25. The van der Waals surface area contributed by atoms with E-state index in [4.69, 9.17) is 0 Å². The van der Waals surface area contributed by atoms with Crippen LogP contribution >= 0.6 is 23.7 Å². The van der Waals surface area contributed by atoms with E-state index in [0.717, 1.165) is 0 Å². The van der Waals surface area contributed by atoms with Crippen LogP contribution in [0.25, 0.3) is 10.2 Å². The Labute approximate surface area is 177 Å². The molecular formula is C19H20ClFN4O3S. The van der Waals surface area contributed by atoms with E-state index in [1.165, 1.54) is 40.5 Å². The predicted octanol–water partition coefficient (Wildman–Crippen LogP) is 4.28. The van der Waals surface area contributed by atoms with E-state index in [9.17, 15) is 19.3 Å². The third-order valence-electron chi connectivity index (χ3n) is 4.32. The van der Waals surface area contributed by atoms with E-state index in [1.54, 1.807) is 19.1 Å². The van der Waals surface area contributed by atoms with Crippen LogP contribution in [0.1, 0.15) is 15.9 Å². The smallest absolute Gasteiger partial charge is 0.273 e. The number of nitrogens with zero attached hydrogens (tertiary/aromatic N) is 4. The van der Waals surface area contributed by atoms with Crippen LogP contribution in [0.2, 0.25) is 0 Å². The highest BCUT2D eigenvalue weighted by atomic mass is 35.5. The van der Waals surface area contributed by atoms with Gasteiger partial charge in [-0.3, -0.25) is 19.8 Å². The van der Waals surface area contributed by atoms with Gasteiger partial charge in [-0.1, -0.05) is 17.4 Å². The molecule has 1 aromatic heterocycles. The van der Waals surface area contributed by atoms with Crippen LogP contribution in [-0.4, -0.2) is 47.9 Å². The number of carbonyl (C=O) groups excluding carboxylic acids is 1. The zero-order valence-corrected chi connectivity index (χ0v) is 17.7. The van der Waals surface area contributed by atoms with Crippen molar-refractivity contribution >= 4 is 50.7 Å². The highest BCUT2D eigenvalue weighted by Crippen LogP contribution is 2.31. The van der Waals surface area contributed by atoms with Gasteiger partial charge in [-0.2, -0.15) is 0 Å². The van der Waals surface area contributed by atoms with E-state index in [0.29, 0.717) is 34.0 Å². The third kappa shape index (κ3) is 4.87. The lowest BCUT2D eigenvalue weighted by atomic mass is 10.1. The molecule has 0 bridgehead atoms.